The summed E-state index contributed by atoms with van der Waals surface area (Å²) < 4.78 is 8.24. The van der Waals surface area contributed by atoms with Gasteiger partial charge in [-0.25, -0.2) is 0 Å². The van der Waals surface area contributed by atoms with E-state index in [1.807, 2.05) is 49.6 Å². The van der Waals surface area contributed by atoms with Crippen LogP contribution in [-0.2, 0) is 0 Å². The molecular formula is C14H6S4Se4. The van der Waals surface area contributed by atoms with Gasteiger partial charge in [0.15, 0.2) is 0 Å². The summed E-state index contributed by atoms with van der Waals surface area (Å²) in [4.78, 5) is 8.15. The number of allylic oxidation sites excluding steroid dienone is 1. The average molecular weight is 618 g/mol. The minimum atomic E-state index is 0.657. The molecule has 0 amide bonds. The Morgan fingerprint density at radius 3 is 2.09 bits per heavy atom. The third kappa shape index (κ3) is 2.70. The maximum atomic E-state index is 2.43. The fraction of sp³-hybridized carbons (Fsp3) is 0. The second-order valence-corrected chi connectivity index (χ2v) is 20.1. The van der Waals surface area contributed by atoms with E-state index in [1.54, 1.807) is 23.9 Å². The van der Waals surface area contributed by atoms with Crippen molar-refractivity contribution in [1.82, 2.24) is 0 Å². The Kier molecular flexibility index (Phi) is 4.70. The molecule has 4 aliphatic heterocycles. The van der Waals surface area contributed by atoms with Crippen LogP contribution in [0, 0.1) is 0 Å². The summed E-state index contributed by atoms with van der Waals surface area (Å²) in [5.41, 5.74) is 0. The van der Waals surface area contributed by atoms with Crippen LogP contribution >= 0.6 is 46.2 Å². The van der Waals surface area contributed by atoms with E-state index in [0.717, 1.165) is 26.3 Å². The van der Waals surface area contributed by atoms with Crippen LogP contribution in [0.3, 0.4) is 0 Å². The van der Waals surface area contributed by atoms with Crippen LogP contribution in [0.1, 0.15) is 0 Å². The van der Waals surface area contributed by atoms with Crippen molar-refractivity contribution in [3.8, 4) is 9.75 Å². The van der Waals surface area contributed by atoms with Crippen LogP contribution in [0.15, 0.2) is 31.1 Å². The molecule has 4 heterocycles. The van der Waals surface area contributed by atoms with Crippen LogP contribution in [-0.4, -0.2) is 56.2 Å². The fourth-order valence-electron chi connectivity index (χ4n) is 2.20. The Labute approximate surface area is 168 Å². The topological polar surface area (TPSA) is 0 Å². The summed E-state index contributed by atoms with van der Waals surface area (Å²) in [6.07, 6.45) is 4.61. The molecule has 0 unspecified atom stereocenters. The molecule has 0 saturated carbocycles. The molecule has 0 spiro atoms. The molecule has 0 radical (unpaired) electrons. The van der Waals surface area contributed by atoms with Crippen LogP contribution in [0.25, 0.3) is 19.2 Å². The normalized spacial score (nSPS) is 19.1. The first kappa shape index (κ1) is 15.6. The summed E-state index contributed by atoms with van der Waals surface area (Å²) in [6.45, 7) is 0. The molecule has 1 aliphatic carbocycles. The molecule has 0 aromatic carbocycles. The average Bonchev–Trinajstić information content (AvgIpc) is 3.32. The van der Waals surface area contributed by atoms with E-state index in [1.165, 1.54) is 8.08 Å². The van der Waals surface area contributed by atoms with Crippen LogP contribution < -0.4 is 18.0 Å². The van der Waals surface area contributed by atoms with Gasteiger partial charge in [0.05, 0.1) is 0 Å². The monoisotopic (exact) mass is 622 g/mol. The number of thioether (sulfide) groups is 2. The molecular weight excluding hydrogens is 612 g/mol. The fourth-order valence-corrected chi connectivity index (χ4v) is 23.3. The van der Waals surface area contributed by atoms with E-state index in [-0.39, 0.29) is 0 Å². The maximum absolute atomic E-state index is 2.43. The van der Waals surface area contributed by atoms with Crippen LogP contribution in [0.2, 0.25) is 0 Å². The molecule has 22 heavy (non-hydrogen) atoms. The van der Waals surface area contributed by atoms with Gasteiger partial charge < -0.3 is 0 Å². The van der Waals surface area contributed by atoms with Crippen molar-refractivity contribution < 1.29 is 0 Å². The number of rotatable bonds is 1. The number of hydrogen-bond donors (Lipinski definition) is 0. The predicted molar refractivity (Wildman–Crippen MR) is 110 cm³/mol. The molecule has 0 aromatic rings. The molecule has 5 aliphatic rings. The van der Waals surface area contributed by atoms with Gasteiger partial charge >= 0.3 is 171 Å². The van der Waals surface area contributed by atoms with Crippen molar-refractivity contribution in [2.75, 3.05) is 0 Å². The van der Waals surface area contributed by atoms with E-state index in [0.29, 0.717) is 29.9 Å². The van der Waals surface area contributed by atoms with Crippen molar-refractivity contribution in [3.63, 3.8) is 0 Å². The molecule has 2 bridgehead atoms. The zero-order chi connectivity index (χ0) is 14.5. The Morgan fingerprint density at radius 1 is 0.818 bits per heavy atom. The molecule has 0 nitrogen and oxygen atoms in total. The van der Waals surface area contributed by atoms with Crippen molar-refractivity contribution in [3.05, 3.63) is 40.1 Å². The molecule has 0 N–H and O–H groups in total. The summed E-state index contributed by atoms with van der Waals surface area (Å²) >= 11 is 10.6. The van der Waals surface area contributed by atoms with Gasteiger partial charge in [0, 0.05) is 0 Å². The summed E-state index contributed by atoms with van der Waals surface area (Å²) in [7, 11) is 0. The van der Waals surface area contributed by atoms with Crippen molar-refractivity contribution in [2.24, 2.45) is 0 Å². The van der Waals surface area contributed by atoms with E-state index in [2.05, 4.69) is 32.9 Å². The zero-order valence-corrected chi connectivity index (χ0v) is 20.8. The summed E-state index contributed by atoms with van der Waals surface area (Å²) in [5, 5.41) is 6.09. The second-order valence-electron chi connectivity index (χ2n) is 4.34. The molecule has 8 heteroatoms. The first-order valence-electron chi connectivity index (χ1n) is 6.23. The Morgan fingerprint density at radius 2 is 1.45 bits per heavy atom. The van der Waals surface area contributed by atoms with Crippen molar-refractivity contribution in [2.45, 2.75) is 0 Å². The third-order valence-corrected chi connectivity index (χ3v) is 21.2. The van der Waals surface area contributed by atoms with Crippen molar-refractivity contribution in [1.29, 1.82) is 0 Å². The van der Waals surface area contributed by atoms with Gasteiger partial charge in [0.2, 0.25) is 0 Å². The zero-order valence-electron chi connectivity index (χ0n) is 10.7. The van der Waals surface area contributed by atoms with E-state index in [9.17, 15) is 0 Å². The van der Waals surface area contributed by atoms with Crippen LogP contribution in [0.5, 0.6) is 0 Å². The summed E-state index contributed by atoms with van der Waals surface area (Å²) in [5.74, 6) is 0. The Balaban J connectivity index is 1.64. The second kappa shape index (κ2) is 6.61. The van der Waals surface area contributed by atoms with Gasteiger partial charge in [-0.15, -0.1) is 0 Å². The molecule has 110 valence electrons. The van der Waals surface area contributed by atoms with E-state index >= 15 is 0 Å². The first-order chi connectivity index (χ1) is 10.9. The molecule has 0 fully saturated rings. The molecule has 5 rings (SSSR count). The molecule has 0 saturated heterocycles. The third-order valence-electron chi connectivity index (χ3n) is 3.08. The van der Waals surface area contributed by atoms with Gasteiger partial charge in [-0.2, -0.15) is 0 Å². The SMILES string of the molecule is C1=CSC(=CC=c2sc3c4c(=C5[Se]C=C[Se]5)c(c-3s2)[Se][Se]4)S1. The minimum absolute atomic E-state index is 0.657. The van der Waals surface area contributed by atoms with E-state index in [4.69, 9.17) is 0 Å². The quantitative estimate of drug-likeness (QED) is 0.439. The van der Waals surface area contributed by atoms with Gasteiger partial charge in [0.25, 0.3) is 0 Å². The first-order valence-corrected chi connectivity index (χ1v) is 19.4. The predicted octanol–water partition coefficient (Wildman–Crippen LogP) is 1.03. The molecule has 0 aromatic heterocycles. The van der Waals surface area contributed by atoms with Gasteiger partial charge in [0.1, 0.15) is 0 Å². The standard InChI is InChI=1S/C14H6S4Se4/c1(7-15-3-4-16-7)2-8-17-10-11(18-8)13-9(12(10)21-22-13)14-19-5-6-20-14/h1-6H. The number of hydrogen-bond acceptors (Lipinski definition) is 4. The van der Waals surface area contributed by atoms with Crippen LogP contribution in [0.4, 0.5) is 0 Å². The molecule has 0 atom stereocenters. The summed E-state index contributed by atoms with van der Waals surface area (Å²) in [6, 6.07) is 0. The van der Waals surface area contributed by atoms with Crippen molar-refractivity contribution >= 4 is 121 Å². The van der Waals surface area contributed by atoms with Gasteiger partial charge in [-0.1, -0.05) is 0 Å². The van der Waals surface area contributed by atoms with Gasteiger partial charge in [-0.05, 0) is 0 Å². The van der Waals surface area contributed by atoms with Gasteiger partial charge in [-0.3, -0.25) is 0 Å². The Hall–Kier alpha value is 1.40. The number of fused-ring (bicyclic) bond motifs is 5. The Bertz CT molecular complexity index is 884. The van der Waals surface area contributed by atoms with E-state index < -0.39 is 0 Å².